The molecule has 0 aromatic heterocycles. The van der Waals surface area contributed by atoms with Crippen molar-refractivity contribution in [3.8, 4) is 0 Å². The van der Waals surface area contributed by atoms with E-state index in [1.54, 1.807) is 0 Å². The van der Waals surface area contributed by atoms with Gasteiger partial charge in [-0.3, -0.25) is 0 Å². The van der Waals surface area contributed by atoms with Crippen LogP contribution in [0.3, 0.4) is 0 Å². The first kappa shape index (κ1) is 15.3. The SMILES string of the molecule is CCCNC1CC(OCc2cccc(Cl)c2)C12CCCC2. The van der Waals surface area contributed by atoms with Crippen LogP contribution in [0.25, 0.3) is 0 Å². The fraction of sp³-hybridized carbons (Fsp3) is 0.667. The molecule has 0 amide bonds. The van der Waals surface area contributed by atoms with E-state index in [1.165, 1.54) is 44.1 Å². The van der Waals surface area contributed by atoms with Gasteiger partial charge in [-0.25, -0.2) is 0 Å². The van der Waals surface area contributed by atoms with E-state index >= 15 is 0 Å². The summed E-state index contributed by atoms with van der Waals surface area (Å²) in [4.78, 5) is 0. The van der Waals surface area contributed by atoms with Crippen molar-refractivity contribution in [1.29, 1.82) is 0 Å². The number of ether oxygens (including phenoxy) is 1. The normalized spacial score (nSPS) is 27.0. The van der Waals surface area contributed by atoms with Crippen LogP contribution in [0, 0.1) is 5.41 Å². The predicted molar refractivity (Wildman–Crippen MR) is 87.6 cm³/mol. The Morgan fingerprint density at radius 3 is 2.86 bits per heavy atom. The Labute approximate surface area is 133 Å². The van der Waals surface area contributed by atoms with Gasteiger partial charge in [0.15, 0.2) is 0 Å². The van der Waals surface area contributed by atoms with E-state index in [9.17, 15) is 0 Å². The molecule has 1 spiro atoms. The Morgan fingerprint density at radius 2 is 2.14 bits per heavy atom. The second kappa shape index (κ2) is 6.68. The second-order valence-electron chi connectivity index (χ2n) is 6.61. The van der Waals surface area contributed by atoms with Crippen molar-refractivity contribution in [3.63, 3.8) is 0 Å². The fourth-order valence-electron chi connectivity index (χ4n) is 4.11. The summed E-state index contributed by atoms with van der Waals surface area (Å²) in [6, 6.07) is 8.69. The summed E-state index contributed by atoms with van der Waals surface area (Å²) in [5.74, 6) is 0. The minimum absolute atomic E-state index is 0.410. The van der Waals surface area contributed by atoms with Crippen LogP contribution in [0.5, 0.6) is 0 Å². The standard InChI is InChI=1S/C18H26ClNO/c1-2-10-20-16-12-17(18(16)8-3-4-9-18)21-13-14-6-5-7-15(19)11-14/h5-7,11,16-17,20H,2-4,8-10,12-13H2,1H3. The number of halogens is 1. The topological polar surface area (TPSA) is 21.3 Å². The van der Waals surface area contributed by atoms with Crippen molar-refractivity contribution in [2.75, 3.05) is 6.54 Å². The summed E-state index contributed by atoms with van der Waals surface area (Å²) >= 11 is 6.04. The van der Waals surface area contributed by atoms with Crippen molar-refractivity contribution >= 4 is 11.6 Å². The lowest BCUT2D eigenvalue weighted by Crippen LogP contribution is -2.62. The molecule has 2 nitrogen and oxygen atoms in total. The van der Waals surface area contributed by atoms with Crippen LogP contribution < -0.4 is 5.32 Å². The molecule has 1 aromatic carbocycles. The molecule has 21 heavy (non-hydrogen) atoms. The molecular weight excluding hydrogens is 282 g/mol. The van der Waals surface area contributed by atoms with Crippen LogP contribution in [0.15, 0.2) is 24.3 Å². The third kappa shape index (κ3) is 3.13. The average Bonchev–Trinajstić information content (AvgIpc) is 2.98. The monoisotopic (exact) mass is 307 g/mol. The molecule has 2 unspecified atom stereocenters. The van der Waals surface area contributed by atoms with Gasteiger partial charge in [-0.15, -0.1) is 0 Å². The van der Waals surface area contributed by atoms with Crippen LogP contribution in [0.4, 0.5) is 0 Å². The Kier molecular flexibility index (Phi) is 4.88. The smallest absolute Gasteiger partial charge is 0.0721 e. The first-order valence-electron chi connectivity index (χ1n) is 8.34. The number of hydrogen-bond donors (Lipinski definition) is 1. The number of rotatable bonds is 6. The minimum Gasteiger partial charge on any atom is -0.373 e. The lowest BCUT2D eigenvalue weighted by atomic mass is 9.60. The van der Waals surface area contributed by atoms with E-state index in [0.717, 1.165) is 11.6 Å². The molecular formula is C18H26ClNO. The maximum absolute atomic E-state index is 6.27. The molecule has 2 fully saturated rings. The highest BCUT2D eigenvalue weighted by atomic mass is 35.5. The zero-order valence-electron chi connectivity index (χ0n) is 12.9. The predicted octanol–water partition coefficient (Wildman–Crippen LogP) is 4.56. The van der Waals surface area contributed by atoms with Gasteiger partial charge in [-0.05, 0) is 49.9 Å². The van der Waals surface area contributed by atoms with Crippen molar-refractivity contribution in [2.45, 2.75) is 64.2 Å². The fourth-order valence-corrected chi connectivity index (χ4v) is 4.33. The van der Waals surface area contributed by atoms with E-state index in [-0.39, 0.29) is 0 Å². The molecule has 2 aliphatic carbocycles. The maximum atomic E-state index is 6.27. The van der Waals surface area contributed by atoms with Gasteiger partial charge in [0.2, 0.25) is 0 Å². The molecule has 2 atom stereocenters. The zero-order valence-corrected chi connectivity index (χ0v) is 13.7. The highest BCUT2D eigenvalue weighted by Gasteiger charge is 2.56. The van der Waals surface area contributed by atoms with Crippen molar-refractivity contribution in [1.82, 2.24) is 5.32 Å². The van der Waals surface area contributed by atoms with E-state index < -0.39 is 0 Å². The first-order valence-corrected chi connectivity index (χ1v) is 8.72. The van der Waals surface area contributed by atoms with Crippen LogP contribution in [0.1, 0.15) is 51.0 Å². The average molecular weight is 308 g/mol. The molecule has 116 valence electrons. The van der Waals surface area contributed by atoms with E-state index in [2.05, 4.69) is 18.3 Å². The number of hydrogen-bond acceptors (Lipinski definition) is 2. The summed E-state index contributed by atoms with van der Waals surface area (Å²) in [7, 11) is 0. The van der Waals surface area contributed by atoms with Gasteiger partial charge in [-0.2, -0.15) is 0 Å². The molecule has 0 radical (unpaired) electrons. The summed E-state index contributed by atoms with van der Waals surface area (Å²) in [5.41, 5.74) is 1.59. The number of nitrogens with one attached hydrogen (secondary N) is 1. The molecule has 0 aliphatic heterocycles. The lowest BCUT2D eigenvalue weighted by Gasteiger charge is -2.54. The molecule has 0 bridgehead atoms. The first-order chi connectivity index (χ1) is 10.2. The molecule has 3 rings (SSSR count). The molecule has 0 saturated heterocycles. The Hall–Kier alpha value is -0.570. The highest BCUT2D eigenvalue weighted by molar-refractivity contribution is 6.30. The zero-order chi connectivity index (χ0) is 14.7. The quantitative estimate of drug-likeness (QED) is 0.832. The van der Waals surface area contributed by atoms with Gasteiger partial charge in [0.25, 0.3) is 0 Å². The summed E-state index contributed by atoms with van der Waals surface area (Å²) in [6.07, 6.45) is 8.18. The molecule has 1 N–H and O–H groups in total. The molecule has 2 aliphatic rings. The van der Waals surface area contributed by atoms with Gasteiger partial charge >= 0.3 is 0 Å². The molecule has 2 saturated carbocycles. The summed E-state index contributed by atoms with van der Waals surface area (Å²) in [5, 5.41) is 4.53. The minimum atomic E-state index is 0.410. The lowest BCUT2D eigenvalue weighted by molar-refractivity contribution is -0.140. The second-order valence-corrected chi connectivity index (χ2v) is 7.05. The summed E-state index contributed by atoms with van der Waals surface area (Å²) < 4.78 is 6.27. The largest absolute Gasteiger partial charge is 0.373 e. The number of benzene rings is 1. The van der Waals surface area contributed by atoms with Crippen molar-refractivity contribution in [2.24, 2.45) is 5.41 Å². The van der Waals surface area contributed by atoms with Gasteiger partial charge in [0.1, 0.15) is 0 Å². The van der Waals surface area contributed by atoms with Crippen molar-refractivity contribution in [3.05, 3.63) is 34.9 Å². The molecule has 0 heterocycles. The Bertz CT molecular complexity index is 470. The van der Waals surface area contributed by atoms with Crippen molar-refractivity contribution < 1.29 is 4.74 Å². The van der Waals surface area contributed by atoms with Gasteiger partial charge in [0, 0.05) is 16.5 Å². The highest BCUT2D eigenvalue weighted by Crippen LogP contribution is 2.54. The van der Waals surface area contributed by atoms with Gasteiger partial charge in [-0.1, -0.05) is 43.5 Å². The van der Waals surface area contributed by atoms with Gasteiger partial charge < -0.3 is 10.1 Å². The van der Waals surface area contributed by atoms with E-state index in [1.807, 2.05) is 18.2 Å². The van der Waals surface area contributed by atoms with E-state index in [0.29, 0.717) is 24.2 Å². The Morgan fingerprint density at radius 1 is 1.33 bits per heavy atom. The summed E-state index contributed by atoms with van der Waals surface area (Å²) in [6.45, 7) is 4.06. The molecule has 3 heteroatoms. The maximum Gasteiger partial charge on any atom is 0.0721 e. The third-order valence-electron chi connectivity index (χ3n) is 5.30. The van der Waals surface area contributed by atoms with E-state index in [4.69, 9.17) is 16.3 Å². The van der Waals surface area contributed by atoms with Crippen LogP contribution in [0.2, 0.25) is 5.02 Å². The van der Waals surface area contributed by atoms with Crippen LogP contribution in [-0.4, -0.2) is 18.7 Å². The Balaban J connectivity index is 1.58. The third-order valence-corrected chi connectivity index (χ3v) is 5.54. The molecule has 1 aromatic rings. The van der Waals surface area contributed by atoms with Crippen LogP contribution >= 0.6 is 11.6 Å². The van der Waals surface area contributed by atoms with Gasteiger partial charge in [0.05, 0.1) is 12.7 Å². The van der Waals surface area contributed by atoms with Crippen LogP contribution in [-0.2, 0) is 11.3 Å².